The van der Waals surface area contributed by atoms with Crippen molar-refractivity contribution in [3.8, 4) is 11.3 Å². The number of benzene rings is 2. The third kappa shape index (κ3) is 1.56. The lowest BCUT2D eigenvalue weighted by molar-refractivity contribution is 1.39. The Balaban J connectivity index is 2.36. The number of rotatable bonds is 2. The van der Waals surface area contributed by atoms with Crippen LogP contribution in [0.1, 0.15) is 11.1 Å². The molecule has 0 aliphatic carbocycles. The van der Waals surface area contributed by atoms with E-state index in [1.165, 1.54) is 22.1 Å². The molecule has 0 bridgehead atoms. The number of hydrogen-bond acceptors (Lipinski definition) is 0. The minimum atomic E-state index is 1.16. The highest BCUT2D eigenvalue weighted by atomic mass is 14.7. The molecule has 1 nitrogen and oxygen atoms in total. The molecule has 1 aromatic heterocycles. The second kappa shape index (κ2) is 4.19. The van der Waals surface area contributed by atoms with E-state index >= 15 is 0 Å². The first kappa shape index (κ1) is 10.8. The van der Waals surface area contributed by atoms with Crippen LogP contribution < -0.4 is 0 Å². The summed E-state index contributed by atoms with van der Waals surface area (Å²) in [6.07, 6.45) is 1.93. The van der Waals surface area contributed by atoms with Crippen LogP contribution in [0.3, 0.4) is 0 Å². The minimum absolute atomic E-state index is 1.16. The third-order valence-corrected chi connectivity index (χ3v) is 3.36. The average molecular weight is 233 g/mol. The molecule has 0 fully saturated rings. The monoisotopic (exact) mass is 233 g/mol. The van der Waals surface area contributed by atoms with E-state index in [1.807, 2.05) is 12.1 Å². The molecule has 2 aromatic carbocycles. The summed E-state index contributed by atoms with van der Waals surface area (Å²) >= 11 is 0. The molecule has 0 atom stereocenters. The Morgan fingerprint density at radius 2 is 1.72 bits per heavy atom. The number of para-hydroxylation sites is 1. The van der Waals surface area contributed by atoms with E-state index in [1.54, 1.807) is 0 Å². The van der Waals surface area contributed by atoms with Gasteiger partial charge in [-0.3, -0.25) is 0 Å². The van der Waals surface area contributed by atoms with Gasteiger partial charge in [0.15, 0.2) is 0 Å². The van der Waals surface area contributed by atoms with Crippen LogP contribution in [0, 0.1) is 6.92 Å². The molecule has 0 radical (unpaired) electrons. The molecule has 0 aliphatic rings. The molecule has 0 saturated carbocycles. The van der Waals surface area contributed by atoms with Gasteiger partial charge in [-0.15, -0.1) is 0 Å². The van der Waals surface area contributed by atoms with E-state index in [-0.39, 0.29) is 0 Å². The SMILES string of the molecule is C=Cc1c(-c2ccccc2C)[nH]c2ccccc12. The Hall–Kier alpha value is -2.28. The van der Waals surface area contributed by atoms with Crippen LogP contribution in [0.5, 0.6) is 0 Å². The van der Waals surface area contributed by atoms with Gasteiger partial charge in [0.25, 0.3) is 0 Å². The van der Waals surface area contributed by atoms with Crippen molar-refractivity contribution in [3.63, 3.8) is 0 Å². The summed E-state index contributed by atoms with van der Waals surface area (Å²) < 4.78 is 0. The third-order valence-electron chi connectivity index (χ3n) is 3.36. The van der Waals surface area contributed by atoms with E-state index < -0.39 is 0 Å². The van der Waals surface area contributed by atoms with Crippen molar-refractivity contribution in [2.45, 2.75) is 6.92 Å². The molecular weight excluding hydrogens is 218 g/mol. The fourth-order valence-corrected chi connectivity index (χ4v) is 2.44. The summed E-state index contributed by atoms with van der Waals surface area (Å²) in [4.78, 5) is 3.50. The highest BCUT2D eigenvalue weighted by molar-refractivity contribution is 5.96. The van der Waals surface area contributed by atoms with Crippen LogP contribution >= 0.6 is 0 Å². The van der Waals surface area contributed by atoms with E-state index in [2.05, 4.69) is 61.0 Å². The molecule has 3 aromatic rings. The molecule has 0 saturated heterocycles. The maximum absolute atomic E-state index is 3.95. The molecule has 88 valence electrons. The van der Waals surface area contributed by atoms with Crippen molar-refractivity contribution in [1.82, 2.24) is 4.98 Å². The second-order valence-corrected chi connectivity index (χ2v) is 4.48. The van der Waals surface area contributed by atoms with Gasteiger partial charge < -0.3 is 4.98 Å². The van der Waals surface area contributed by atoms with Gasteiger partial charge in [0.2, 0.25) is 0 Å². The standard InChI is InChI=1S/C17H15N/c1-3-13-15-10-6-7-11-16(15)18-17(13)14-9-5-4-8-12(14)2/h3-11,18H,1H2,2H3. The van der Waals surface area contributed by atoms with Gasteiger partial charge in [-0.25, -0.2) is 0 Å². The van der Waals surface area contributed by atoms with Gasteiger partial charge in [0.1, 0.15) is 0 Å². The summed E-state index contributed by atoms with van der Waals surface area (Å²) in [6.45, 7) is 6.08. The topological polar surface area (TPSA) is 15.8 Å². The number of H-pyrrole nitrogens is 1. The molecule has 1 heteroatoms. The van der Waals surface area contributed by atoms with Crippen LogP contribution in [-0.2, 0) is 0 Å². The Bertz CT molecular complexity index is 719. The first-order valence-corrected chi connectivity index (χ1v) is 6.10. The van der Waals surface area contributed by atoms with Gasteiger partial charge >= 0.3 is 0 Å². The van der Waals surface area contributed by atoms with Crippen LogP contribution in [0.2, 0.25) is 0 Å². The molecule has 0 spiro atoms. The first-order chi connectivity index (χ1) is 8.81. The molecular formula is C17H15N. The fourth-order valence-electron chi connectivity index (χ4n) is 2.44. The zero-order valence-electron chi connectivity index (χ0n) is 10.4. The number of nitrogens with one attached hydrogen (secondary N) is 1. The molecule has 3 rings (SSSR count). The molecule has 1 N–H and O–H groups in total. The molecule has 0 unspecified atom stereocenters. The smallest absolute Gasteiger partial charge is 0.0540 e. The first-order valence-electron chi connectivity index (χ1n) is 6.10. The number of aryl methyl sites for hydroxylation is 1. The van der Waals surface area contributed by atoms with Gasteiger partial charge in [-0.1, -0.05) is 55.1 Å². The minimum Gasteiger partial charge on any atom is -0.354 e. The van der Waals surface area contributed by atoms with Crippen LogP contribution in [-0.4, -0.2) is 4.98 Å². The normalized spacial score (nSPS) is 10.7. The van der Waals surface area contributed by atoms with E-state index in [9.17, 15) is 0 Å². The Morgan fingerprint density at radius 1 is 1.00 bits per heavy atom. The number of fused-ring (bicyclic) bond motifs is 1. The molecule has 0 aliphatic heterocycles. The Labute approximate surface area is 107 Å². The van der Waals surface area contributed by atoms with Crippen LogP contribution in [0.15, 0.2) is 55.1 Å². The Morgan fingerprint density at radius 3 is 2.50 bits per heavy atom. The molecule has 0 amide bonds. The van der Waals surface area contributed by atoms with Crippen molar-refractivity contribution in [2.75, 3.05) is 0 Å². The maximum Gasteiger partial charge on any atom is 0.0540 e. The number of aromatic nitrogens is 1. The zero-order chi connectivity index (χ0) is 12.5. The highest BCUT2D eigenvalue weighted by Gasteiger charge is 2.11. The zero-order valence-corrected chi connectivity index (χ0v) is 10.4. The van der Waals surface area contributed by atoms with Gasteiger partial charge in [0, 0.05) is 22.0 Å². The highest BCUT2D eigenvalue weighted by Crippen LogP contribution is 2.32. The largest absolute Gasteiger partial charge is 0.354 e. The van der Waals surface area contributed by atoms with Gasteiger partial charge in [0.05, 0.1) is 5.69 Å². The molecule has 18 heavy (non-hydrogen) atoms. The summed E-state index contributed by atoms with van der Waals surface area (Å²) in [6, 6.07) is 16.8. The summed E-state index contributed by atoms with van der Waals surface area (Å²) in [5, 5.41) is 1.23. The van der Waals surface area contributed by atoms with E-state index in [4.69, 9.17) is 0 Å². The van der Waals surface area contributed by atoms with E-state index in [0.717, 1.165) is 11.2 Å². The van der Waals surface area contributed by atoms with Crippen molar-refractivity contribution in [1.29, 1.82) is 0 Å². The Kier molecular flexibility index (Phi) is 2.52. The summed E-state index contributed by atoms with van der Waals surface area (Å²) in [5.74, 6) is 0. The van der Waals surface area contributed by atoms with Crippen molar-refractivity contribution >= 4 is 17.0 Å². The second-order valence-electron chi connectivity index (χ2n) is 4.48. The lowest BCUT2D eigenvalue weighted by atomic mass is 10.0. The van der Waals surface area contributed by atoms with Crippen LogP contribution in [0.4, 0.5) is 0 Å². The predicted octanol–water partition coefficient (Wildman–Crippen LogP) is 4.79. The number of hydrogen-bond donors (Lipinski definition) is 1. The molecule has 1 heterocycles. The maximum atomic E-state index is 3.95. The lowest BCUT2D eigenvalue weighted by Crippen LogP contribution is -1.84. The van der Waals surface area contributed by atoms with Gasteiger partial charge in [-0.05, 0) is 18.6 Å². The lowest BCUT2D eigenvalue weighted by Gasteiger charge is -2.04. The van der Waals surface area contributed by atoms with Crippen molar-refractivity contribution < 1.29 is 0 Å². The summed E-state index contributed by atoms with van der Waals surface area (Å²) in [5.41, 5.74) is 6.01. The fraction of sp³-hybridized carbons (Fsp3) is 0.0588. The van der Waals surface area contributed by atoms with Crippen molar-refractivity contribution in [3.05, 3.63) is 66.2 Å². The number of aromatic amines is 1. The quantitative estimate of drug-likeness (QED) is 0.655. The summed E-state index contributed by atoms with van der Waals surface area (Å²) in [7, 11) is 0. The van der Waals surface area contributed by atoms with Crippen molar-refractivity contribution in [2.24, 2.45) is 0 Å². The van der Waals surface area contributed by atoms with E-state index in [0.29, 0.717) is 0 Å². The predicted molar refractivity (Wildman–Crippen MR) is 78.6 cm³/mol. The van der Waals surface area contributed by atoms with Gasteiger partial charge in [-0.2, -0.15) is 0 Å². The van der Waals surface area contributed by atoms with Crippen LogP contribution in [0.25, 0.3) is 28.2 Å². The average Bonchev–Trinajstić information content (AvgIpc) is 2.77.